The van der Waals surface area contributed by atoms with E-state index in [2.05, 4.69) is 51.5 Å². The quantitative estimate of drug-likeness (QED) is 0.748. The van der Waals surface area contributed by atoms with Crippen LogP contribution >= 0.6 is 11.6 Å². The van der Waals surface area contributed by atoms with Crippen molar-refractivity contribution in [3.63, 3.8) is 0 Å². The number of nitriles is 1. The Morgan fingerprint density at radius 1 is 1.14 bits per heavy atom. The van der Waals surface area contributed by atoms with Crippen molar-refractivity contribution in [2.75, 3.05) is 31.1 Å². The molecule has 1 aromatic heterocycles. The third kappa shape index (κ3) is 4.23. The van der Waals surface area contributed by atoms with Crippen molar-refractivity contribution in [1.82, 2.24) is 14.9 Å². The van der Waals surface area contributed by atoms with E-state index in [0.29, 0.717) is 29.3 Å². The van der Waals surface area contributed by atoms with Crippen molar-refractivity contribution in [3.8, 4) is 6.07 Å². The number of hydrogen-bond acceptors (Lipinski definition) is 5. The summed E-state index contributed by atoms with van der Waals surface area (Å²) in [5, 5.41) is 9.69. The number of piperidine rings is 1. The minimum absolute atomic E-state index is 0.496. The lowest BCUT2D eigenvalue weighted by atomic mass is 9.90. The first-order valence-corrected chi connectivity index (χ1v) is 10.6. The molecular weight excluding hydrogens is 382 g/mol. The Morgan fingerprint density at radius 2 is 1.79 bits per heavy atom. The van der Waals surface area contributed by atoms with Gasteiger partial charge in [-0.15, -0.1) is 0 Å². The van der Waals surface area contributed by atoms with Gasteiger partial charge in [0.2, 0.25) is 5.95 Å². The van der Waals surface area contributed by atoms with Gasteiger partial charge in [0.25, 0.3) is 0 Å². The molecule has 2 aliphatic heterocycles. The highest BCUT2D eigenvalue weighted by Gasteiger charge is 2.34. The number of nitrogens with zero attached hydrogens (tertiary/aromatic N) is 5. The van der Waals surface area contributed by atoms with Gasteiger partial charge in [-0.25, -0.2) is 9.97 Å². The molecule has 0 radical (unpaired) electrons. The van der Waals surface area contributed by atoms with E-state index in [1.54, 1.807) is 12.4 Å². The second-order valence-electron chi connectivity index (χ2n) is 8.18. The molecule has 6 heteroatoms. The van der Waals surface area contributed by atoms with E-state index in [1.807, 2.05) is 12.1 Å². The van der Waals surface area contributed by atoms with Crippen molar-refractivity contribution in [2.24, 2.45) is 11.8 Å². The summed E-state index contributed by atoms with van der Waals surface area (Å²) in [7, 11) is 0. The smallest absolute Gasteiger partial charge is 0.225 e. The third-order valence-electron chi connectivity index (χ3n) is 6.33. The Balaban J connectivity index is 1.35. The Hall–Kier alpha value is -2.58. The Bertz CT molecular complexity index is 894. The number of halogens is 1. The van der Waals surface area contributed by atoms with Gasteiger partial charge in [0.15, 0.2) is 0 Å². The summed E-state index contributed by atoms with van der Waals surface area (Å²) in [6.07, 6.45) is 5.29. The highest BCUT2D eigenvalue weighted by molar-refractivity contribution is 6.30. The molecule has 2 aromatic rings. The first-order chi connectivity index (χ1) is 14.0. The van der Waals surface area contributed by atoms with Gasteiger partial charge in [-0.05, 0) is 36.5 Å². The second-order valence-corrected chi connectivity index (χ2v) is 8.61. The van der Waals surface area contributed by atoms with Crippen LogP contribution in [0.4, 0.5) is 5.95 Å². The van der Waals surface area contributed by atoms with Crippen LogP contribution in [-0.4, -0.2) is 41.0 Å². The fourth-order valence-electron chi connectivity index (χ4n) is 4.56. The second kappa shape index (κ2) is 8.42. The number of rotatable bonds is 4. The van der Waals surface area contributed by atoms with Crippen LogP contribution in [0.5, 0.6) is 0 Å². The van der Waals surface area contributed by atoms with Crippen molar-refractivity contribution in [3.05, 3.63) is 65.1 Å². The number of aromatic nitrogens is 2. The lowest BCUT2D eigenvalue weighted by Gasteiger charge is -2.36. The fraction of sp³-hybridized carbons (Fsp3) is 0.435. The number of likely N-dealkylation sites (tertiary alicyclic amines) is 1. The molecular formula is C23H26ClN5. The van der Waals surface area contributed by atoms with Crippen molar-refractivity contribution < 1.29 is 0 Å². The minimum Gasteiger partial charge on any atom is -0.374 e. The van der Waals surface area contributed by atoms with E-state index in [1.165, 1.54) is 11.3 Å². The lowest BCUT2D eigenvalue weighted by molar-refractivity contribution is 0.318. The molecule has 2 aliphatic rings. The standard InChI is InChI=1S/C23H26ClN5/c1-16-14-29(15-22(16)20-3-5-21(24)6-4-20)17(2)19-7-9-28(10-8-19)23-26-12-18(11-25)13-27-23/h3-6,12-13,16,19,22H,2,7-10,14-15H2,1H3/t16-,22-/m1/s1. The first kappa shape index (κ1) is 19.7. The zero-order valence-electron chi connectivity index (χ0n) is 16.8. The van der Waals surface area contributed by atoms with Gasteiger partial charge in [-0.1, -0.05) is 37.2 Å². The zero-order chi connectivity index (χ0) is 20.4. The van der Waals surface area contributed by atoms with Crippen molar-refractivity contribution >= 4 is 17.5 Å². The molecule has 29 heavy (non-hydrogen) atoms. The molecule has 3 heterocycles. The summed E-state index contributed by atoms with van der Waals surface area (Å²) >= 11 is 6.05. The first-order valence-electron chi connectivity index (χ1n) is 10.2. The van der Waals surface area contributed by atoms with Crippen LogP contribution in [0.1, 0.15) is 36.8 Å². The van der Waals surface area contributed by atoms with Gasteiger partial charge >= 0.3 is 0 Å². The van der Waals surface area contributed by atoms with Gasteiger partial charge < -0.3 is 9.80 Å². The van der Waals surface area contributed by atoms with Crippen LogP contribution in [0.25, 0.3) is 0 Å². The molecule has 4 rings (SSSR count). The maximum absolute atomic E-state index is 8.90. The Labute approximate surface area is 177 Å². The Morgan fingerprint density at radius 3 is 2.41 bits per heavy atom. The van der Waals surface area contributed by atoms with Gasteiger partial charge in [0.1, 0.15) is 6.07 Å². The van der Waals surface area contributed by atoms with Crippen LogP contribution in [0, 0.1) is 23.2 Å². The van der Waals surface area contributed by atoms with Crippen molar-refractivity contribution in [1.29, 1.82) is 5.26 Å². The molecule has 0 bridgehead atoms. The van der Waals surface area contributed by atoms with Gasteiger partial charge in [-0.3, -0.25) is 0 Å². The molecule has 5 nitrogen and oxygen atoms in total. The van der Waals surface area contributed by atoms with Crippen LogP contribution in [0.3, 0.4) is 0 Å². The third-order valence-corrected chi connectivity index (χ3v) is 6.59. The van der Waals surface area contributed by atoms with E-state index >= 15 is 0 Å². The number of benzene rings is 1. The highest BCUT2D eigenvalue weighted by Crippen LogP contribution is 2.37. The molecule has 0 aliphatic carbocycles. The normalized spacial score (nSPS) is 22.5. The molecule has 2 saturated heterocycles. The molecule has 150 valence electrons. The van der Waals surface area contributed by atoms with Gasteiger partial charge in [0, 0.05) is 48.7 Å². The van der Waals surface area contributed by atoms with Gasteiger partial charge in [0.05, 0.1) is 18.0 Å². The van der Waals surface area contributed by atoms with Crippen LogP contribution in [0.15, 0.2) is 48.9 Å². The predicted octanol–water partition coefficient (Wildman–Crippen LogP) is 4.47. The summed E-state index contributed by atoms with van der Waals surface area (Å²) in [5.41, 5.74) is 3.13. The topological polar surface area (TPSA) is 56.1 Å². The monoisotopic (exact) mass is 407 g/mol. The van der Waals surface area contributed by atoms with E-state index in [-0.39, 0.29) is 0 Å². The summed E-state index contributed by atoms with van der Waals surface area (Å²) in [5.74, 6) is 2.34. The van der Waals surface area contributed by atoms with E-state index in [4.69, 9.17) is 16.9 Å². The summed E-state index contributed by atoms with van der Waals surface area (Å²) in [4.78, 5) is 13.4. The molecule has 0 unspecified atom stereocenters. The maximum atomic E-state index is 8.90. The van der Waals surface area contributed by atoms with E-state index in [9.17, 15) is 0 Å². The average Bonchev–Trinajstić information content (AvgIpc) is 3.15. The molecule has 2 fully saturated rings. The summed E-state index contributed by atoms with van der Waals surface area (Å²) in [6.45, 7) is 10.7. The maximum Gasteiger partial charge on any atom is 0.225 e. The number of allylic oxidation sites excluding steroid dienone is 1. The molecule has 0 amide bonds. The summed E-state index contributed by atoms with van der Waals surface area (Å²) in [6, 6.07) is 10.4. The molecule has 2 atom stereocenters. The zero-order valence-corrected chi connectivity index (χ0v) is 17.5. The van der Waals surface area contributed by atoms with Crippen LogP contribution < -0.4 is 4.90 Å². The molecule has 0 spiro atoms. The van der Waals surface area contributed by atoms with Gasteiger partial charge in [-0.2, -0.15) is 5.26 Å². The van der Waals surface area contributed by atoms with Crippen LogP contribution in [0.2, 0.25) is 5.02 Å². The largest absolute Gasteiger partial charge is 0.374 e. The number of hydrogen-bond donors (Lipinski definition) is 0. The minimum atomic E-state index is 0.496. The summed E-state index contributed by atoms with van der Waals surface area (Å²) < 4.78 is 0. The SMILES string of the molecule is C=C(C1CCN(c2ncc(C#N)cn2)CC1)N1C[C@@H](C)[C@H](c2ccc(Cl)cc2)C1. The van der Waals surface area contributed by atoms with Crippen LogP contribution in [-0.2, 0) is 0 Å². The highest BCUT2D eigenvalue weighted by atomic mass is 35.5. The van der Waals surface area contributed by atoms with E-state index < -0.39 is 0 Å². The molecule has 0 N–H and O–H groups in total. The average molecular weight is 408 g/mol. The molecule has 0 saturated carbocycles. The number of anilines is 1. The lowest BCUT2D eigenvalue weighted by Crippen LogP contribution is -2.37. The Kier molecular flexibility index (Phi) is 5.73. The predicted molar refractivity (Wildman–Crippen MR) is 116 cm³/mol. The fourth-order valence-corrected chi connectivity index (χ4v) is 4.68. The molecule has 1 aromatic carbocycles. The van der Waals surface area contributed by atoms with Crippen molar-refractivity contribution in [2.45, 2.75) is 25.7 Å². The van der Waals surface area contributed by atoms with E-state index in [0.717, 1.165) is 44.0 Å².